The number of anilines is 1. The minimum atomic E-state index is -4.02. The Morgan fingerprint density at radius 2 is 1.68 bits per heavy atom. The first-order chi connectivity index (χ1) is 17.4. The van der Waals surface area contributed by atoms with Gasteiger partial charge in [-0.3, -0.25) is 13.9 Å². The summed E-state index contributed by atoms with van der Waals surface area (Å²) in [4.78, 5) is 27.9. The van der Waals surface area contributed by atoms with Crippen molar-refractivity contribution in [2.45, 2.75) is 57.7 Å². The molecule has 2 amide bonds. The molecule has 0 saturated heterocycles. The number of nitrogens with one attached hydrogen (secondary N) is 1. The second-order valence-electron chi connectivity index (χ2n) is 9.12. The Hall–Kier alpha value is -2.07. The molecule has 0 unspecified atom stereocenters. The molecule has 37 heavy (non-hydrogen) atoms. The second-order valence-corrected chi connectivity index (χ2v) is 12.2. The summed E-state index contributed by atoms with van der Waals surface area (Å²) < 4.78 is 40.7. The SMILES string of the molecule is C[C@H](C(=O)NC1CCCCC1)N(Cc1ccccc1F)C(=O)CN(c1cc(Cl)c(Cl)cc1Cl)S(C)(=O)=O. The lowest BCUT2D eigenvalue weighted by Gasteiger charge is -2.33. The van der Waals surface area contributed by atoms with E-state index in [0.717, 1.165) is 42.7 Å². The van der Waals surface area contributed by atoms with E-state index in [9.17, 15) is 22.4 Å². The number of carbonyl (C=O) groups is 2. The average molecular weight is 593 g/mol. The standard InChI is InChI=1S/C25H29Cl3FN3O4S/c1-16(25(34)30-18-9-4-3-5-10-18)31(14-17-8-6-7-11-22(17)29)24(33)15-32(37(2,35)36)23-13-20(27)19(26)12-21(23)28/h6-8,11-13,16,18H,3-5,9-10,14-15H2,1-2H3,(H,30,34)/t16-/m1/s1. The Bertz CT molecular complexity index is 1260. The summed E-state index contributed by atoms with van der Waals surface area (Å²) in [6, 6.07) is 7.42. The lowest BCUT2D eigenvalue weighted by atomic mass is 9.95. The molecule has 0 aliphatic heterocycles. The normalized spacial score (nSPS) is 15.2. The minimum absolute atomic E-state index is 0.00310. The first-order valence-corrected chi connectivity index (χ1v) is 14.8. The maximum atomic E-state index is 14.5. The van der Waals surface area contributed by atoms with Gasteiger partial charge in [-0.15, -0.1) is 0 Å². The molecule has 1 fully saturated rings. The number of rotatable bonds is 9. The zero-order valence-electron chi connectivity index (χ0n) is 20.5. The molecule has 0 bridgehead atoms. The Morgan fingerprint density at radius 3 is 2.30 bits per heavy atom. The third-order valence-electron chi connectivity index (χ3n) is 6.36. The van der Waals surface area contributed by atoms with Crippen molar-refractivity contribution in [1.29, 1.82) is 0 Å². The summed E-state index contributed by atoms with van der Waals surface area (Å²) in [6.07, 6.45) is 5.72. The highest BCUT2D eigenvalue weighted by Crippen LogP contribution is 2.35. The lowest BCUT2D eigenvalue weighted by Crippen LogP contribution is -2.53. The number of hydrogen-bond acceptors (Lipinski definition) is 4. The molecule has 1 atom stereocenters. The van der Waals surface area contributed by atoms with Crippen LogP contribution < -0.4 is 9.62 Å². The highest BCUT2D eigenvalue weighted by molar-refractivity contribution is 7.92. The van der Waals surface area contributed by atoms with Gasteiger partial charge in [0.15, 0.2) is 0 Å². The minimum Gasteiger partial charge on any atom is -0.352 e. The van der Waals surface area contributed by atoms with Gasteiger partial charge in [0, 0.05) is 18.2 Å². The molecule has 1 aliphatic rings. The van der Waals surface area contributed by atoms with E-state index in [4.69, 9.17) is 34.8 Å². The summed E-state index contributed by atoms with van der Waals surface area (Å²) >= 11 is 18.3. The van der Waals surface area contributed by atoms with Gasteiger partial charge in [-0.1, -0.05) is 72.3 Å². The Labute approximate surface area is 231 Å². The van der Waals surface area contributed by atoms with Crippen LogP contribution >= 0.6 is 34.8 Å². The fourth-order valence-electron chi connectivity index (χ4n) is 4.26. The highest BCUT2D eigenvalue weighted by Gasteiger charge is 2.32. The number of nitrogens with zero attached hydrogens (tertiary/aromatic N) is 2. The number of benzene rings is 2. The van der Waals surface area contributed by atoms with Gasteiger partial charge < -0.3 is 10.2 Å². The van der Waals surface area contributed by atoms with Crippen molar-refractivity contribution in [3.63, 3.8) is 0 Å². The third kappa shape index (κ3) is 7.72. The maximum absolute atomic E-state index is 14.5. The van der Waals surface area contributed by atoms with E-state index in [2.05, 4.69) is 5.32 Å². The van der Waals surface area contributed by atoms with E-state index >= 15 is 0 Å². The molecule has 2 aromatic rings. The van der Waals surface area contributed by atoms with E-state index in [1.165, 1.54) is 42.2 Å². The molecule has 1 aliphatic carbocycles. The topological polar surface area (TPSA) is 86.8 Å². The fraction of sp³-hybridized carbons (Fsp3) is 0.440. The average Bonchev–Trinajstić information content (AvgIpc) is 2.84. The Morgan fingerprint density at radius 1 is 1.05 bits per heavy atom. The number of amides is 2. The predicted octanol–water partition coefficient (Wildman–Crippen LogP) is 5.42. The van der Waals surface area contributed by atoms with Gasteiger partial charge in [0.25, 0.3) is 0 Å². The van der Waals surface area contributed by atoms with Crippen LogP contribution in [0.5, 0.6) is 0 Å². The zero-order valence-corrected chi connectivity index (χ0v) is 23.6. The quantitative estimate of drug-likeness (QED) is 0.394. The van der Waals surface area contributed by atoms with Gasteiger partial charge in [-0.05, 0) is 38.0 Å². The van der Waals surface area contributed by atoms with Gasteiger partial charge in [0.1, 0.15) is 18.4 Å². The van der Waals surface area contributed by atoms with Crippen molar-refractivity contribution in [1.82, 2.24) is 10.2 Å². The Kier molecular flexibility index (Phi) is 10.1. The van der Waals surface area contributed by atoms with Crippen LogP contribution in [0.15, 0.2) is 36.4 Å². The van der Waals surface area contributed by atoms with Crippen LogP contribution in [0.4, 0.5) is 10.1 Å². The third-order valence-corrected chi connectivity index (χ3v) is 8.51. The highest BCUT2D eigenvalue weighted by atomic mass is 35.5. The van der Waals surface area contributed by atoms with Crippen molar-refractivity contribution in [2.24, 2.45) is 0 Å². The fourth-order valence-corrected chi connectivity index (χ4v) is 5.81. The molecule has 3 rings (SSSR count). The van der Waals surface area contributed by atoms with E-state index in [0.29, 0.717) is 0 Å². The number of carbonyl (C=O) groups excluding carboxylic acids is 2. The number of halogens is 4. The van der Waals surface area contributed by atoms with E-state index in [1.54, 1.807) is 6.07 Å². The van der Waals surface area contributed by atoms with Crippen molar-refractivity contribution in [3.8, 4) is 0 Å². The molecule has 1 N–H and O–H groups in total. The van der Waals surface area contributed by atoms with Crippen LogP contribution in [-0.4, -0.2) is 50.0 Å². The predicted molar refractivity (Wildman–Crippen MR) is 145 cm³/mol. The molecular formula is C25H29Cl3FN3O4S. The summed E-state index contributed by atoms with van der Waals surface area (Å²) in [6.45, 7) is 0.608. The summed E-state index contributed by atoms with van der Waals surface area (Å²) in [7, 11) is -4.02. The summed E-state index contributed by atoms with van der Waals surface area (Å²) in [5, 5.41) is 3.11. The number of hydrogen-bond donors (Lipinski definition) is 1. The van der Waals surface area contributed by atoms with Crippen LogP contribution in [-0.2, 0) is 26.2 Å². The van der Waals surface area contributed by atoms with Gasteiger partial charge in [-0.2, -0.15) is 0 Å². The molecule has 7 nitrogen and oxygen atoms in total. The molecule has 0 radical (unpaired) electrons. The van der Waals surface area contributed by atoms with Crippen molar-refractivity contribution in [2.75, 3.05) is 17.1 Å². The van der Waals surface area contributed by atoms with E-state index in [1.807, 2.05) is 0 Å². The smallest absolute Gasteiger partial charge is 0.244 e. The molecule has 2 aromatic carbocycles. The largest absolute Gasteiger partial charge is 0.352 e. The molecule has 0 heterocycles. The van der Waals surface area contributed by atoms with Crippen LogP contribution in [0.2, 0.25) is 15.1 Å². The second kappa shape index (κ2) is 12.7. The van der Waals surface area contributed by atoms with E-state index < -0.39 is 40.2 Å². The monoisotopic (exact) mass is 591 g/mol. The zero-order chi connectivity index (χ0) is 27.3. The van der Waals surface area contributed by atoms with Crippen molar-refractivity contribution < 1.29 is 22.4 Å². The molecule has 1 saturated carbocycles. The van der Waals surface area contributed by atoms with E-state index in [-0.39, 0.29) is 38.9 Å². The van der Waals surface area contributed by atoms with Gasteiger partial charge in [-0.25, -0.2) is 12.8 Å². The van der Waals surface area contributed by atoms with Crippen molar-refractivity contribution in [3.05, 3.63) is 62.8 Å². The summed E-state index contributed by atoms with van der Waals surface area (Å²) in [5.41, 5.74) is 0.142. The molecule has 202 valence electrons. The molecule has 0 aromatic heterocycles. The molecule has 12 heteroatoms. The van der Waals surface area contributed by atoms with Crippen LogP contribution in [0.3, 0.4) is 0 Å². The van der Waals surface area contributed by atoms with Crippen molar-refractivity contribution >= 4 is 62.3 Å². The van der Waals surface area contributed by atoms with Crippen LogP contribution in [0, 0.1) is 5.82 Å². The maximum Gasteiger partial charge on any atom is 0.244 e. The van der Waals surface area contributed by atoms with Gasteiger partial charge in [0.2, 0.25) is 21.8 Å². The first kappa shape index (κ1) is 29.5. The number of sulfonamides is 1. The van der Waals surface area contributed by atoms with Crippen LogP contribution in [0.1, 0.15) is 44.6 Å². The lowest BCUT2D eigenvalue weighted by molar-refractivity contribution is -0.139. The van der Waals surface area contributed by atoms with Crippen LogP contribution in [0.25, 0.3) is 0 Å². The summed E-state index contributed by atoms with van der Waals surface area (Å²) in [5.74, 6) is -1.66. The molecule has 0 spiro atoms. The van der Waals surface area contributed by atoms with Gasteiger partial charge >= 0.3 is 0 Å². The Balaban J connectivity index is 1.93. The molecular weight excluding hydrogens is 564 g/mol. The van der Waals surface area contributed by atoms with Gasteiger partial charge in [0.05, 0.1) is 27.0 Å². The first-order valence-electron chi connectivity index (χ1n) is 11.8.